The number of carbonyl (C=O) groups excluding carboxylic acids is 2. The number of nitro benzene ring substituents is 1. The fourth-order valence-corrected chi connectivity index (χ4v) is 1.94. The second-order valence-electron chi connectivity index (χ2n) is 4.64. The van der Waals surface area contributed by atoms with Gasteiger partial charge in [-0.25, -0.2) is 4.79 Å². The second kappa shape index (κ2) is 6.66. The smallest absolute Gasteiger partial charge is 0.330 e. The fourth-order valence-electron chi connectivity index (χ4n) is 1.94. The molecule has 114 valence electrons. The summed E-state index contributed by atoms with van der Waals surface area (Å²) in [5.41, 5.74) is 0.181. The highest BCUT2D eigenvalue weighted by atomic mass is 16.6. The van der Waals surface area contributed by atoms with Crippen molar-refractivity contribution in [1.82, 2.24) is 0 Å². The molecule has 0 N–H and O–H groups in total. The molecule has 1 saturated heterocycles. The van der Waals surface area contributed by atoms with Gasteiger partial charge in [-0.1, -0.05) is 18.7 Å². The molecule has 1 atom stereocenters. The molecule has 7 nitrogen and oxygen atoms in total. The van der Waals surface area contributed by atoms with E-state index in [-0.39, 0.29) is 17.9 Å². The average Bonchev–Trinajstić information content (AvgIpc) is 2.81. The summed E-state index contributed by atoms with van der Waals surface area (Å²) in [4.78, 5) is 33.2. The van der Waals surface area contributed by atoms with Crippen LogP contribution in [0.4, 0.5) is 5.69 Å². The predicted octanol–water partition coefficient (Wildman–Crippen LogP) is 2.23. The second-order valence-corrected chi connectivity index (χ2v) is 4.64. The normalized spacial score (nSPS) is 17.5. The van der Waals surface area contributed by atoms with Gasteiger partial charge in [0.25, 0.3) is 5.69 Å². The van der Waals surface area contributed by atoms with Crippen LogP contribution in [0.1, 0.15) is 12.0 Å². The summed E-state index contributed by atoms with van der Waals surface area (Å²) in [6, 6.07) is 6.01. The zero-order valence-corrected chi connectivity index (χ0v) is 11.6. The Morgan fingerprint density at radius 2 is 2.23 bits per heavy atom. The summed E-state index contributed by atoms with van der Waals surface area (Å²) in [6.45, 7) is 3.41. The summed E-state index contributed by atoms with van der Waals surface area (Å²) >= 11 is 0. The summed E-state index contributed by atoms with van der Waals surface area (Å²) in [5.74, 6) is -1.36. The van der Waals surface area contributed by atoms with E-state index < -0.39 is 22.8 Å². The third-order valence-electron chi connectivity index (χ3n) is 3.01. The SMILES string of the molecule is C=C1CC(COC(=O)/C=C/c2ccccc2[N+](=O)[O-])C(=O)O1. The molecule has 0 spiro atoms. The van der Waals surface area contributed by atoms with Crippen molar-refractivity contribution in [2.45, 2.75) is 6.42 Å². The Bertz CT molecular complexity index is 664. The van der Waals surface area contributed by atoms with E-state index in [0.29, 0.717) is 12.2 Å². The first-order valence-electron chi connectivity index (χ1n) is 6.45. The third kappa shape index (κ3) is 3.78. The van der Waals surface area contributed by atoms with E-state index in [2.05, 4.69) is 6.58 Å². The first-order valence-corrected chi connectivity index (χ1v) is 6.45. The number of carbonyl (C=O) groups is 2. The van der Waals surface area contributed by atoms with Gasteiger partial charge in [-0.3, -0.25) is 14.9 Å². The van der Waals surface area contributed by atoms with Crippen molar-refractivity contribution in [3.63, 3.8) is 0 Å². The quantitative estimate of drug-likeness (QED) is 0.358. The van der Waals surface area contributed by atoms with E-state index in [1.54, 1.807) is 6.07 Å². The minimum absolute atomic E-state index is 0.109. The lowest BCUT2D eigenvalue weighted by Gasteiger charge is -2.04. The maximum Gasteiger partial charge on any atom is 0.330 e. The number of nitrogens with zero attached hydrogens (tertiary/aromatic N) is 1. The Morgan fingerprint density at radius 1 is 1.50 bits per heavy atom. The summed E-state index contributed by atoms with van der Waals surface area (Å²) in [7, 11) is 0. The number of ether oxygens (including phenoxy) is 2. The van der Waals surface area contributed by atoms with Gasteiger partial charge < -0.3 is 9.47 Å². The van der Waals surface area contributed by atoms with Gasteiger partial charge in [0.05, 0.1) is 16.4 Å². The van der Waals surface area contributed by atoms with Gasteiger partial charge in [0.1, 0.15) is 12.4 Å². The van der Waals surface area contributed by atoms with Crippen LogP contribution in [0.15, 0.2) is 42.7 Å². The molecule has 1 aliphatic heterocycles. The lowest BCUT2D eigenvalue weighted by atomic mass is 10.1. The molecule has 0 aliphatic carbocycles. The van der Waals surface area contributed by atoms with Gasteiger partial charge in [0.15, 0.2) is 0 Å². The van der Waals surface area contributed by atoms with Gasteiger partial charge in [-0.15, -0.1) is 0 Å². The molecule has 0 aromatic heterocycles. The molecular formula is C15H13NO6. The molecule has 1 fully saturated rings. The molecule has 1 aliphatic rings. The van der Waals surface area contributed by atoms with Crippen LogP contribution in [0.2, 0.25) is 0 Å². The molecule has 7 heteroatoms. The van der Waals surface area contributed by atoms with E-state index in [9.17, 15) is 19.7 Å². The van der Waals surface area contributed by atoms with Crippen molar-refractivity contribution in [2.75, 3.05) is 6.61 Å². The predicted molar refractivity (Wildman–Crippen MR) is 76.4 cm³/mol. The Morgan fingerprint density at radius 3 is 2.86 bits per heavy atom. The largest absolute Gasteiger partial charge is 0.462 e. The minimum Gasteiger partial charge on any atom is -0.462 e. The first kappa shape index (κ1) is 15.4. The monoisotopic (exact) mass is 303 g/mol. The molecule has 0 bridgehead atoms. The number of rotatable bonds is 5. The molecule has 0 saturated carbocycles. The lowest BCUT2D eigenvalue weighted by molar-refractivity contribution is -0.385. The van der Waals surface area contributed by atoms with Crippen molar-refractivity contribution in [3.05, 3.63) is 58.4 Å². The van der Waals surface area contributed by atoms with Crippen LogP contribution in [0.25, 0.3) is 6.08 Å². The Hall–Kier alpha value is -2.96. The van der Waals surface area contributed by atoms with Gasteiger partial charge in [-0.05, 0) is 12.1 Å². The number of allylic oxidation sites excluding steroid dienone is 1. The van der Waals surface area contributed by atoms with Crippen LogP contribution in [-0.2, 0) is 19.1 Å². The maximum atomic E-state index is 11.6. The zero-order chi connectivity index (χ0) is 16.1. The van der Waals surface area contributed by atoms with Gasteiger partial charge in [0.2, 0.25) is 0 Å². The van der Waals surface area contributed by atoms with Crippen molar-refractivity contribution in [3.8, 4) is 0 Å². The molecule has 0 amide bonds. The van der Waals surface area contributed by atoms with Crippen LogP contribution in [0, 0.1) is 16.0 Å². The standard InChI is InChI=1S/C15H13NO6/c1-10-8-12(15(18)22-10)9-21-14(17)7-6-11-4-2-3-5-13(11)16(19)20/h2-7,12H,1,8-9H2/b7-6+. The van der Waals surface area contributed by atoms with E-state index in [1.807, 2.05) is 0 Å². The number of esters is 2. The highest BCUT2D eigenvalue weighted by Crippen LogP contribution is 2.23. The van der Waals surface area contributed by atoms with Crippen molar-refractivity contribution >= 4 is 23.7 Å². The van der Waals surface area contributed by atoms with E-state index >= 15 is 0 Å². The fraction of sp³-hybridized carbons (Fsp3) is 0.200. The Kier molecular flexibility index (Phi) is 4.67. The topological polar surface area (TPSA) is 95.7 Å². The zero-order valence-electron chi connectivity index (χ0n) is 11.6. The third-order valence-corrected chi connectivity index (χ3v) is 3.01. The molecule has 2 rings (SSSR count). The van der Waals surface area contributed by atoms with Crippen LogP contribution in [0.5, 0.6) is 0 Å². The van der Waals surface area contributed by atoms with Gasteiger partial charge >= 0.3 is 11.9 Å². The molecule has 1 aromatic rings. The van der Waals surface area contributed by atoms with E-state index in [1.165, 1.54) is 24.3 Å². The Balaban J connectivity index is 1.93. The first-order chi connectivity index (χ1) is 10.5. The van der Waals surface area contributed by atoms with Crippen LogP contribution in [0.3, 0.4) is 0 Å². The van der Waals surface area contributed by atoms with Crippen LogP contribution in [-0.4, -0.2) is 23.5 Å². The van der Waals surface area contributed by atoms with Crippen LogP contribution < -0.4 is 0 Å². The van der Waals surface area contributed by atoms with Crippen molar-refractivity contribution < 1.29 is 24.0 Å². The van der Waals surface area contributed by atoms with Gasteiger partial charge in [-0.2, -0.15) is 0 Å². The molecule has 1 unspecified atom stereocenters. The minimum atomic E-state index is -0.691. The van der Waals surface area contributed by atoms with Gasteiger partial charge in [0, 0.05) is 18.6 Å². The highest BCUT2D eigenvalue weighted by Gasteiger charge is 2.30. The lowest BCUT2D eigenvalue weighted by Crippen LogP contribution is -2.16. The Labute approximate surface area is 126 Å². The summed E-state index contributed by atoms with van der Waals surface area (Å²) < 4.78 is 9.69. The number of hydrogen-bond acceptors (Lipinski definition) is 6. The number of hydrogen-bond donors (Lipinski definition) is 0. The number of cyclic esters (lactones) is 1. The number of nitro groups is 1. The maximum absolute atomic E-state index is 11.6. The van der Waals surface area contributed by atoms with Crippen LogP contribution >= 0.6 is 0 Å². The molecular weight excluding hydrogens is 290 g/mol. The molecule has 1 heterocycles. The van der Waals surface area contributed by atoms with E-state index in [0.717, 1.165) is 6.08 Å². The highest BCUT2D eigenvalue weighted by molar-refractivity contribution is 5.88. The number of benzene rings is 1. The summed E-state index contributed by atoms with van der Waals surface area (Å²) in [5, 5.41) is 10.8. The molecule has 22 heavy (non-hydrogen) atoms. The number of para-hydroxylation sites is 1. The van der Waals surface area contributed by atoms with E-state index in [4.69, 9.17) is 9.47 Å². The molecule has 0 radical (unpaired) electrons. The van der Waals surface area contributed by atoms with Crippen molar-refractivity contribution in [2.24, 2.45) is 5.92 Å². The summed E-state index contributed by atoms with van der Waals surface area (Å²) in [6.07, 6.45) is 2.70. The average molecular weight is 303 g/mol. The molecule has 1 aromatic carbocycles. The van der Waals surface area contributed by atoms with Crippen molar-refractivity contribution in [1.29, 1.82) is 0 Å².